The minimum atomic E-state index is 0.0940. The molecule has 3 unspecified atom stereocenters. The third-order valence-electron chi connectivity index (χ3n) is 3.82. The van der Waals surface area contributed by atoms with Gasteiger partial charge in [-0.3, -0.25) is 9.59 Å². The SMILES string of the molecule is NCCNC(=O)CCCCC1SCC2CC(=O)NC21. The van der Waals surface area contributed by atoms with Gasteiger partial charge in [0.25, 0.3) is 0 Å². The zero-order valence-corrected chi connectivity index (χ0v) is 12.0. The van der Waals surface area contributed by atoms with E-state index in [4.69, 9.17) is 5.73 Å². The second kappa shape index (κ2) is 7.14. The summed E-state index contributed by atoms with van der Waals surface area (Å²) >= 11 is 1.98. The molecule has 0 saturated carbocycles. The molecule has 2 heterocycles. The van der Waals surface area contributed by atoms with Gasteiger partial charge in [-0.25, -0.2) is 0 Å². The van der Waals surface area contributed by atoms with Gasteiger partial charge in [-0.2, -0.15) is 11.8 Å². The van der Waals surface area contributed by atoms with Crippen LogP contribution in [0.4, 0.5) is 0 Å². The minimum absolute atomic E-state index is 0.0940. The number of rotatable bonds is 7. The topological polar surface area (TPSA) is 84.2 Å². The van der Waals surface area contributed by atoms with E-state index in [1.165, 1.54) is 0 Å². The molecule has 0 aliphatic carbocycles. The van der Waals surface area contributed by atoms with Crippen molar-refractivity contribution in [1.29, 1.82) is 0 Å². The summed E-state index contributed by atoms with van der Waals surface area (Å²) in [7, 11) is 0. The van der Waals surface area contributed by atoms with Crippen LogP contribution in [0.3, 0.4) is 0 Å². The summed E-state index contributed by atoms with van der Waals surface area (Å²) in [6.07, 6.45) is 4.34. The van der Waals surface area contributed by atoms with Crippen LogP contribution < -0.4 is 16.4 Å². The van der Waals surface area contributed by atoms with Gasteiger partial charge in [0.1, 0.15) is 0 Å². The molecule has 2 aliphatic rings. The molecule has 0 aromatic heterocycles. The van der Waals surface area contributed by atoms with E-state index in [0.717, 1.165) is 25.0 Å². The van der Waals surface area contributed by atoms with Gasteiger partial charge in [0, 0.05) is 37.2 Å². The van der Waals surface area contributed by atoms with Crippen LogP contribution >= 0.6 is 11.8 Å². The van der Waals surface area contributed by atoms with Crippen LogP contribution in [0, 0.1) is 5.92 Å². The standard InChI is InChI=1S/C13H23N3O2S/c14-5-6-15-11(17)4-2-1-3-10-13-9(8-19-10)7-12(18)16-13/h9-10,13H,1-8,14H2,(H,15,17)(H,16,18). The molecule has 6 heteroatoms. The molecule has 2 amide bonds. The van der Waals surface area contributed by atoms with E-state index in [9.17, 15) is 9.59 Å². The molecule has 19 heavy (non-hydrogen) atoms. The van der Waals surface area contributed by atoms with Crippen LogP contribution in [0.25, 0.3) is 0 Å². The Bertz CT molecular complexity index is 338. The van der Waals surface area contributed by atoms with Gasteiger partial charge in [0.15, 0.2) is 0 Å². The molecule has 108 valence electrons. The highest BCUT2D eigenvalue weighted by Crippen LogP contribution is 2.39. The number of hydrogen-bond acceptors (Lipinski definition) is 4. The second-order valence-electron chi connectivity index (χ2n) is 5.31. The van der Waals surface area contributed by atoms with Crippen LogP contribution in [0.2, 0.25) is 0 Å². The smallest absolute Gasteiger partial charge is 0.220 e. The Kier molecular flexibility index (Phi) is 5.51. The molecule has 0 aromatic carbocycles. The molecular weight excluding hydrogens is 262 g/mol. The number of amides is 2. The molecule has 0 radical (unpaired) electrons. The first-order valence-corrected chi connectivity index (χ1v) is 8.13. The number of carbonyl (C=O) groups excluding carboxylic acids is 2. The third kappa shape index (κ3) is 4.11. The number of unbranched alkanes of at least 4 members (excludes halogenated alkanes) is 1. The lowest BCUT2D eigenvalue weighted by molar-refractivity contribution is -0.121. The molecule has 4 N–H and O–H groups in total. The van der Waals surface area contributed by atoms with Gasteiger partial charge in [-0.15, -0.1) is 0 Å². The highest BCUT2D eigenvalue weighted by atomic mass is 32.2. The number of nitrogens with two attached hydrogens (primary N) is 1. The first-order valence-electron chi connectivity index (χ1n) is 7.08. The van der Waals surface area contributed by atoms with Crippen LogP contribution in [0.1, 0.15) is 32.1 Å². The monoisotopic (exact) mass is 285 g/mol. The molecule has 0 bridgehead atoms. The van der Waals surface area contributed by atoms with Crippen LogP contribution in [0.15, 0.2) is 0 Å². The van der Waals surface area contributed by atoms with Crippen molar-refractivity contribution in [3.8, 4) is 0 Å². The van der Waals surface area contributed by atoms with Crippen molar-refractivity contribution in [2.24, 2.45) is 11.7 Å². The summed E-state index contributed by atoms with van der Waals surface area (Å²) in [5.41, 5.74) is 5.32. The lowest BCUT2D eigenvalue weighted by Gasteiger charge is -2.17. The molecule has 0 spiro atoms. The Morgan fingerprint density at radius 1 is 1.47 bits per heavy atom. The van der Waals surface area contributed by atoms with Gasteiger partial charge in [-0.1, -0.05) is 6.42 Å². The summed E-state index contributed by atoms with van der Waals surface area (Å²) in [4.78, 5) is 22.7. The second-order valence-corrected chi connectivity index (χ2v) is 6.59. The fourth-order valence-corrected chi connectivity index (χ4v) is 4.48. The maximum atomic E-state index is 11.4. The van der Waals surface area contributed by atoms with E-state index in [1.807, 2.05) is 11.8 Å². The van der Waals surface area contributed by atoms with Crippen molar-refractivity contribution in [1.82, 2.24) is 10.6 Å². The lowest BCUT2D eigenvalue weighted by Crippen LogP contribution is -2.34. The largest absolute Gasteiger partial charge is 0.355 e. The van der Waals surface area contributed by atoms with E-state index in [0.29, 0.717) is 43.1 Å². The fourth-order valence-electron chi connectivity index (χ4n) is 2.83. The van der Waals surface area contributed by atoms with Crippen molar-refractivity contribution < 1.29 is 9.59 Å². The predicted octanol–water partition coefficient (Wildman–Crippen LogP) is 0.242. The number of thioether (sulfide) groups is 1. The van der Waals surface area contributed by atoms with Gasteiger partial charge >= 0.3 is 0 Å². The Hall–Kier alpha value is -0.750. The average molecular weight is 285 g/mol. The predicted molar refractivity (Wildman–Crippen MR) is 76.8 cm³/mol. The van der Waals surface area contributed by atoms with Gasteiger partial charge < -0.3 is 16.4 Å². The number of nitrogens with one attached hydrogen (secondary N) is 2. The highest BCUT2D eigenvalue weighted by molar-refractivity contribution is 8.00. The van der Waals surface area contributed by atoms with Crippen LogP contribution in [0.5, 0.6) is 0 Å². The first-order chi connectivity index (χ1) is 9.20. The van der Waals surface area contributed by atoms with Gasteiger partial charge in [0.05, 0.1) is 0 Å². The Morgan fingerprint density at radius 3 is 3.11 bits per heavy atom. The number of carbonyl (C=O) groups is 2. The number of fused-ring (bicyclic) bond motifs is 1. The fraction of sp³-hybridized carbons (Fsp3) is 0.846. The quantitative estimate of drug-likeness (QED) is 0.585. The Morgan fingerprint density at radius 2 is 2.32 bits per heavy atom. The summed E-state index contributed by atoms with van der Waals surface area (Å²) in [5.74, 6) is 1.94. The van der Waals surface area contributed by atoms with E-state index in [2.05, 4.69) is 10.6 Å². The van der Waals surface area contributed by atoms with Crippen LogP contribution in [-0.2, 0) is 9.59 Å². The molecule has 2 fully saturated rings. The minimum Gasteiger partial charge on any atom is -0.355 e. The zero-order valence-electron chi connectivity index (χ0n) is 11.2. The van der Waals surface area contributed by atoms with Crippen molar-refractivity contribution in [2.75, 3.05) is 18.8 Å². The van der Waals surface area contributed by atoms with Crippen molar-refractivity contribution in [2.45, 2.75) is 43.4 Å². The maximum absolute atomic E-state index is 11.4. The van der Waals surface area contributed by atoms with E-state index >= 15 is 0 Å². The molecule has 5 nitrogen and oxygen atoms in total. The molecule has 2 aliphatic heterocycles. The Labute approximate surface area is 118 Å². The highest BCUT2D eigenvalue weighted by Gasteiger charge is 2.42. The van der Waals surface area contributed by atoms with Gasteiger partial charge in [-0.05, 0) is 24.5 Å². The maximum Gasteiger partial charge on any atom is 0.220 e. The molecule has 0 aromatic rings. The molecule has 3 atom stereocenters. The van der Waals surface area contributed by atoms with Crippen molar-refractivity contribution in [3.63, 3.8) is 0 Å². The first kappa shape index (κ1) is 14.7. The van der Waals surface area contributed by atoms with E-state index < -0.39 is 0 Å². The normalized spacial score (nSPS) is 29.1. The summed E-state index contributed by atoms with van der Waals surface area (Å²) < 4.78 is 0. The third-order valence-corrected chi connectivity index (χ3v) is 5.39. The van der Waals surface area contributed by atoms with Crippen molar-refractivity contribution in [3.05, 3.63) is 0 Å². The number of hydrogen-bond donors (Lipinski definition) is 3. The van der Waals surface area contributed by atoms with E-state index in [-0.39, 0.29) is 11.8 Å². The zero-order chi connectivity index (χ0) is 13.7. The van der Waals surface area contributed by atoms with Gasteiger partial charge in [0.2, 0.25) is 11.8 Å². The lowest BCUT2D eigenvalue weighted by atomic mass is 9.97. The molecule has 2 rings (SSSR count). The summed E-state index contributed by atoms with van der Waals surface area (Å²) in [6, 6.07) is 0.378. The van der Waals surface area contributed by atoms with Crippen LogP contribution in [-0.4, -0.2) is 41.9 Å². The molecular formula is C13H23N3O2S. The average Bonchev–Trinajstić information content (AvgIpc) is 2.92. The molecule has 2 saturated heterocycles. The summed E-state index contributed by atoms with van der Waals surface area (Å²) in [5, 5.41) is 6.41. The van der Waals surface area contributed by atoms with Crippen molar-refractivity contribution >= 4 is 23.6 Å². The van der Waals surface area contributed by atoms with E-state index in [1.54, 1.807) is 0 Å². The summed E-state index contributed by atoms with van der Waals surface area (Å²) in [6.45, 7) is 1.06. The Balaban J connectivity index is 1.59.